The van der Waals surface area contributed by atoms with Crippen LogP contribution in [-0.4, -0.2) is 57.4 Å². The highest BCUT2D eigenvalue weighted by atomic mass is 16.5. The molecule has 1 aromatic rings. The average molecular weight is 237 g/mol. The fraction of sp³-hybridized carbons (Fsp3) is 0.556. The van der Waals surface area contributed by atoms with E-state index in [2.05, 4.69) is 27.1 Å². The van der Waals surface area contributed by atoms with Crippen LogP contribution >= 0.6 is 0 Å². The fourth-order valence-electron chi connectivity index (χ4n) is 1.49. The summed E-state index contributed by atoms with van der Waals surface area (Å²) in [7, 11) is 0. The zero-order chi connectivity index (χ0) is 12.1. The van der Waals surface area contributed by atoms with E-state index in [1.165, 1.54) is 4.68 Å². The second kappa shape index (κ2) is 5.39. The second-order valence-corrected chi connectivity index (χ2v) is 3.52. The quantitative estimate of drug-likeness (QED) is 0.417. The van der Waals surface area contributed by atoms with Crippen molar-refractivity contribution in [1.82, 2.24) is 25.1 Å². The minimum absolute atomic E-state index is 0.383. The van der Waals surface area contributed by atoms with Gasteiger partial charge in [0.1, 0.15) is 0 Å². The van der Waals surface area contributed by atoms with Gasteiger partial charge in [-0.1, -0.05) is 11.2 Å². The lowest BCUT2D eigenvalue weighted by atomic mass is 10.4. The molecule has 8 heteroatoms. The first-order valence-corrected chi connectivity index (χ1v) is 5.35. The molecule has 17 heavy (non-hydrogen) atoms. The summed E-state index contributed by atoms with van der Waals surface area (Å²) in [6.07, 6.45) is 1.69. The van der Waals surface area contributed by atoms with Crippen LogP contribution in [0.2, 0.25) is 0 Å². The van der Waals surface area contributed by atoms with Crippen molar-refractivity contribution in [2.75, 3.05) is 26.3 Å². The van der Waals surface area contributed by atoms with Gasteiger partial charge in [0, 0.05) is 13.1 Å². The number of morpholine rings is 1. The lowest BCUT2D eigenvalue weighted by Gasteiger charge is -2.27. The van der Waals surface area contributed by atoms with E-state index < -0.39 is 0 Å². The maximum Gasteiger partial charge on any atom is 0.272 e. The molecule has 1 saturated heterocycles. The fourth-order valence-corrected chi connectivity index (χ4v) is 1.49. The second-order valence-electron chi connectivity index (χ2n) is 3.52. The van der Waals surface area contributed by atoms with E-state index in [1.54, 1.807) is 6.08 Å². The molecule has 0 aliphatic carbocycles. The predicted molar refractivity (Wildman–Crippen MR) is 61.7 cm³/mol. The zero-order valence-electron chi connectivity index (χ0n) is 9.49. The summed E-state index contributed by atoms with van der Waals surface area (Å²) in [6.45, 7) is 6.91. The minimum atomic E-state index is 0.383. The lowest BCUT2D eigenvalue weighted by molar-refractivity contribution is 0.0675. The van der Waals surface area contributed by atoms with Crippen molar-refractivity contribution in [3.8, 4) is 0 Å². The van der Waals surface area contributed by atoms with Gasteiger partial charge in [-0.15, -0.1) is 6.58 Å². The number of aliphatic imine (C=N–C) groups is 1. The highest BCUT2D eigenvalue weighted by Crippen LogP contribution is 2.06. The summed E-state index contributed by atoms with van der Waals surface area (Å²) in [5, 5.41) is 11.1. The maximum atomic E-state index is 5.89. The van der Waals surface area contributed by atoms with Crippen molar-refractivity contribution >= 4 is 11.9 Å². The molecule has 0 unspecified atom stereocenters. The number of guanidine groups is 1. The number of ether oxygens (including phenoxy) is 1. The highest BCUT2D eigenvalue weighted by Gasteiger charge is 2.13. The standard InChI is InChI=1S/C9H15N7O/c1-2-3-16-9(12-13-14-16)11-8(10)15-4-6-17-7-5-15/h2H,1,3-7H2,(H2,10,11,12,14). The Kier molecular flexibility index (Phi) is 3.66. The largest absolute Gasteiger partial charge is 0.378 e. The van der Waals surface area contributed by atoms with E-state index in [1.807, 2.05) is 4.90 Å². The number of rotatable bonds is 3. The number of nitrogens with zero attached hydrogens (tertiary/aromatic N) is 6. The van der Waals surface area contributed by atoms with Crippen LogP contribution in [0.1, 0.15) is 0 Å². The van der Waals surface area contributed by atoms with Gasteiger partial charge >= 0.3 is 0 Å². The van der Waals surface area contributed by atoms with E-state index >= 15 is 0 Å². The Morgan fingerprint density at radius 3 is 3.00 bits per heavy atom. The van der Waals surface area contributed by atoms with Gasteiger partial charge in [0.2, 0.25) is 0 Å². The molecule has 2 N–H and O–H groups in total. The SMILES string of the molecule is C=CCn1nnnc1N=C(N)N1CCOCC1. The summed E-state index contributed by atoms with van der Waals surface area (Å²) >= 11 is 0. The Hall–Kier alpha value is -1.96. The topological polar surface area (TPSA) is 94.5 Å². The Balaban J connectivity index is 2.10. The molecule has 1 aliphatic rings. The van der Waals surface area contributed by atoms with E-state index in [9.17, 15) is 0 Å². The Morgan fingerprint density at radius 1 is 1.53 bits per heavy atom. The Labute approximate surface area is 98.7 Å². The van der Waals surface area contributed by atoms with Gasteiger partial charge in [-0.05, 0) is 10.4 Å². The van der Waals surface area contributed by atoms with Gasteiger partial charge in [0.25, 0.3) is 5.95 Å². The highest BCUT2D eigenvalue weighted by molar-refractivity contribution is 5.80. The van der Waals surface area contributed by atoms with Crippen LogP contribution in [0.5, 0.6) is 0 Å². The lowest BCUT2D eigenvalue weighted by Crippen LogP contribution is -2.44. The molecule has 92 valence electrons. The Bertz CT molecular complexity index is 407. The molecule has 0 aromatic carbocycles. The third-order valence-corrected chi connectivity index (χ3v) is 2.36. The third kappa shape index (κ3) is 2.78. The summed E-state index contributed by atoms with van der Waals surface area (Å²) < 4.78 is 6.76. The Morgan fingerprint density at radius 2 is 2.29 bits per heavy atom. The van der Waals surface area contributed by atoms with E-state index in [0.29, 0.717) is 31.7 Å². The molecule has 1 aliphatic heterocycles. The third-order valence-electron chi connectivity index (χ3n) is 2.36. The molecule has 8 nitrogen and oxygen atoms in total. The van der Waals surface area contributed by atoms with Crippen LogP contribution in [-0.2, 0) is 11.3 Å². The molecule has 1 fully saturated rings. The molecule has 2 rings (SSSR count). The van der Waals surface area contributed by atoms with Crippen LogP contribution in [0, 0.1) is 0 Å². The molecule has 2 heterocycles. The monoisotopic (exact) mass is 237 g/mol. The van der Waals surface area contributed by atoms with Gasteiger partial charge in [-0.3, -0.25) is 0 Å². The van der Waals surface area contributed by atoms with Crippen LogP contribution in [0.25, 0.3) is 0 Å². The molecular weight excluding hydrogens is 222 g/mol. The summed E-state index contributed by atoms with van der Waals surface area (Å²) in [5.74, 6) is 0.794. The van der Waals surface area contributed by atoms with Gasteiger partial charge in [0.05, 0.1) is 19.8 Å². The van der Waals surface area contributed by atoms with Crippen LogP contribution in [0.15, 0.2) is 17.6 Å². The number of hydrogen-bond donors (Lipinski definition) is 1. The normalized spacial score (nSPS) is 17.2. The molecular formula is C9H15N7O. The van der Waals surface area contributed by atoms with Crippen molar-refractivity contribution in [3.63, 3.8) is 0 Å². The number of nitrogens with two attached hydrogens (primary N) is 1. The predicted octanol–water partition coefficient (Wildman–Crippen LogP) is -0.862. The first-order valence-electron chi connectivity index (χ1n) is 5.35. The molecule has 0 radical (unpaired) electrons. The van der Waals surface area contributed by atoms with Gasteiger partial charge in [-0.2, -0.15) is 4.99 Å². The van der Waals surface area contributed by atoms with Gasteiger partial charge < -0.3 is 15.4 Å². The summed E-state index contributed by atoms with van der Waals surface area (Å²) in [5.41, 5.74) is 5.89. The van der Waals surface area contributed by atoms with Crippen molar-refractivity contribution in [3.05, 3.63) is 12.7 Å². The van der Waals surface area contributed by atoms with Crippen LogP contribution in [0.4, 0.5) is 5.95 Å². The van der Waals surface area contributed by atoms with Crippen LogP contribution < -0.4 is 5.73 Å². The summed E-state index contributed by atoms with van der Waals surface area (Å²) in [4.78, 5) is 6.15. The van der Waals surface area contributed by atoms with Crippen molar-refractivity contribution in [2.45, 2.75) is 6.54 Å². The maximum absolute atomic E-state index is 5.89. The minimum Gasteiger partial charge on any atom is -0.378 e. The number of allylic oxidation sites excluding steroid dienone is 1. The number of hydrogen-bond acceptors (Lipinski definition) is 5. The molecule has 0 saturated carbocycles. The first kappa shape index (κ1) is 11.5. The smallest absolute Gasteiger partial charge is 0.272 e. The zero-order valence-corrected chi connectivity index (χ0v) is 9.49. The molecule has 0 bridgehead atoms. The van der Waals surface area contributed by atoms with E-state index in [0.717, 1.165) is 13.1 Å². The molecule has 0 amide bonds. The van der Waals surface area contributed by atoms with Crippen molar-refractivity contribution in [1.29, 1.82) is 0 Å². The van der Waals surface area contributed by atoms with Crippen molar-refractivity contribution < 1.29 is 4.74 Å². The average Bonchev–Trinajstić information content (AvgIpc) is 2.78. The number of tetrazole rings is 1. The van der Waals surface area contributed by atoms with E-state index in [-0.39, 0.29) is 0 Å². The van der Waals surface area contributed by atoms with E-state index in [4.69, 9.17) is 10.5 Å². The number of aromatic nitrogens is 4. The molecule has 0 spiro atoms. The van der Waals surface area contributed by atoms with Crippen LogP contribution in [0.3, 0.4) is 0 Å². The summed E-state index contributed by atoms with van der Waals surface area (Å²) in [6, 6.07) is 0. The first-order chi connectivity index (χ1) is 8.31. The van der Waals surface area contributed by atoms with Gasteiger partial charge in [-0.25, -0.2) is 4.68 Å². The van der Waals surface area contributed by atoms with Gasteiger partial charge in [0.15, 0.2) is 5.96 Å². The molecule has 1 aromatic heterocycles. The molecule has 0 atom stereocenters. The van der Waals surface area contributed by atoms with Crippen molar-refractivity contribution in [2.24, 2.45) is 10.7 Å².